The molecule has 0 saturated carbocycles. The third kappa shape index (κ3) is 2.18. The van der Waals surface area contributed by atoms with Crippen LogP contribution in [0.3, 0.4) is 0 Å². The van der Waals surface area contributed by atoms with E-state index in [-0.39, 0.29) is 0 Å². The largest absolute Gasteiger partial charge is 0.480 e. The molecule has 1 fully saturated rings. The van der Waals surface area contributed by atoms with Crippen LogP contribution in [0.4, 0.5) is 0 Å². The molecule has 1 aromatic carbocycles. The molecule has 0 bridgehead atoms. The summed E-state index contributed by atoms with van der Waals surface area (Å²) in [6.07, 6.45) is 2.03. The van der Waals surface area contributed by atoms with E-state index >= 15 is 0 Å². The van der Waals surface area contributed by atoms with Crippen LogP contribution in [0.15, 0.2) is 30.3 Å². The Labute approximate surface area is 89.3 Å². The molecule has 1 atom stereocenters. The Morgan fingerprint density at radius 3 is 2.60 bits per heavy atom. The zero-order valence-electron chi connectivity index (χ0n) is 8.47. The van der Waals surface area contributed by atoms with E-state index in [9.17, 15) is 9.90 Å². The molecule has 1 radical (unpaired) electrons. The predicted molar refractivity (Wildman–Crippen MR) is 57.1 cm³/mol. The molecular formula is C12H14NO2. The SMILES string of the molecule is O=C(O)C(c1ccccc1)N1[CH]CCC1. The number of likely N-dealkylation sites (tertiary alicyclic amines) is 1. The summed E-state index contributed by atoms with van der Waals surface area (Å²) in [5.74, 6) is -0.778. The highest BCUT2D eigenvalue weighted by Crippen LogP contribution is 2.27. The van der Waals surface area contributed by atoms with Gasteiger partial charge in [0.2, 0.25) is 0 Å². The minimum absolute atomic E-state index is 0.520. The minimum Gasteiger partial charge on any atom is -0.480 e. The van der Waals surface area contributed by atoms with E-state index in [1.165, 1.54) is 0 Å². The number of carboxylic acid groups (broad SMARTS) is 1. The highest BCUT2D eigenvalue weighted by Gasteiger charge is 2.29. The summed E-state index contributed by atoms with van der Waals surface area (Å²) in [7, 11) is 0. The van der Waals surface area contributed by atoms with Crippen molar-refractivity contribution in [1.29, 1.82) is 0 Å². The number of carboxylic acids is 1. The first-order valence-corrected chi connectivity index (χ1v) is 5.16. The number of rotatable bonds is 3. The molecule has 15 heavy (non-hydrogen) atoms. The van der Waals surface area contributed by atoms with Crippen LogP contribution in [0.2, 0.25) is 0 Å². The van der Waals surface area contributed by atoms with Gasteiger partial charge < -0.3 is 5.11 Å². The molecule has 2 rings (SSSR count). The standard InChI is InChI=1S/C12H14NO2/c14-12(15)11(13-8-4-5-9-13)10-6-2-1-3-7-10/h1-3,6-8,11H,4-5,9H2,(H,14,15). The van der Waals surface area contributed by atoms with Crippen LogP contribution in [-0.2, 0) is 4.79 Å². The van der Waals surface area contributed by atoms with Gasteiger partial charge in [-0.1, -0.05) is 30.3 Å². The Kier molecular flexibility index (Phi) is 3.02. The Hall–Kier alpha value is -1.35. The van der Waals surface area contributed by atoms with Crippen LogP contribution in [-0.4, -0.2) is 22.5 Å². The summed E-state index contributed by atoms with van der Waals surface area (Å²) in [4.78, 5) is 13.1. The molecule has 0 amide bonds. The molecule has 1 unspecified atom stereocenters. The topological polar surface area (TPSA) is 40.5 Å². The monoisotopic (exact) mass is 204 g/mol. The lowest BCUT2D eigenvalue weighted by Gasteiger charge is -2.23. The van der Waals surface area contributed by atoms with Crippen molar-refractivity contribution in [3.05, 3.63) is 42.4 Å². The summed E-state index contributed by atoms with van der Waals surface area (Å²) in [6.45, 7) is 2.83. The average Bonchev–Trinajstić information content (AvgIpc) is 2.72. The van der Waals surface area contributed by atoms with Crippen LogP contribution >= 0.6 is 0 Å². The number of nitrogens with zero attached hydrogens (tertiary/aromatic N) is 1. The zero-order chi connectivity index (χ0) is 10.7. The fraction of sp³-hybridized carbons (Fsp3) is 0.333. The Bertz CT molecular complexity index is 331. The molecule has 1 N–H and O–H groups in total. The summed E-state index contributed by atoms with van der Waals surface area (Å²) in [5, 5.41) is 9.23. The van der Waals surface area contributed by atoms with Gasteiger partial charge in [0.1, 0.15) is 6.04 Å². The van der Waals surface area contributed by atoms with Gasteiger partial charge in [-0.3, -0.25) is 9.69 Å². The number of hydrogen-bond acceptors (Lipinski definition) is 2. The Morgan fingerprint density at radius 1 is 1.33 bits per heavy atom. The van der Waals surface area contributed by atoms with E-state index in [1.54, 1.807) is 0 Å². The van der Waals surface area contributed by atoms with Gasteiger partial charge in [0.05, 0.1) is 0 Å². The second-order valence-electron chi connectivity index (χ2n) is 3.71. The first-order valence-electron chi connectivity index (χ1n) is 5.16. The third-order valence-corrected chi connectivity index (χ3v) is 2.66. The van der Waals surface area contributed by atoms with Crippen LogP contribution < -0.4 is 0 Å². The van der Waals surface area contributed by atoms with Crippen molar-refractivity contribution in [3.8, 4) is 0 Å². The molecule has 3 heteroatoms. The van der Waals surface area contributed by atoms with Crippen LogP contribution in [0.5, 0.6) is 0 Å². The summed E-state index contributed by atoms with van der Waals surface area (Å²) in [6, 6.07) is 8.86. The number of hydrogen-bond donors (Lipinski definition) is 1. The van der Waals surface area contributed by atoms with Gasteiger partial charge in [0.15, 0.2) is 0 Å². The fourth-order valence-corrected chi connectivity index (χ4v) is 1.97. The van der Waals surface area contributed by atoms with Gasteiger partial charge in [-0.25, -0.2) is 0 Å². The lowest BCUT2D eigenvalue weighted by atomic mass is 10.1. The molecule has 0 spiro atoms. The molecule has 79 valence electrons. The molecule has 3 nitrogen and oxygen atoms in total. The normalized spacial score (nSPS) is 18.9. The molecule has 1 saturated heterocycles. The molecule has 1 heterocycles. The molecule has 0 aromatic heterocycles. The highest BCUT2D eigenvalue weighted by atomic mass is 16.4. The van der Waals surface area contributed by atoms with Crippen LogP contribution in [0.1, 0.15) is 24.4 Å². The second kappa shape index (κ2) is 4.45. The van der Waals surface area contributed by atoms with Gasteiger partial charge in [-0.2, -0.15) is 0 Å². The number of carbonyl (C=O) groups is 1. The number of benzene rings is 1. The first kappa shape index (κ1) is 10.2. The molecule has 0 aliphatic carbocycles. The molecular weight excluding hydrogens is 190 g/mol. The summed E-state index contributed by atoms with van der Waals surface area (Å²) in [5.41, 5.74) is 0.850. The van der Waals surface area contributed by atoms with E-state index in [2.05, 4.69) is 0 Å². The molecule has 1 aliphatic rings. The van der Waals surface area contributed by atoms with Crippen molar-refractivity contribution < 1.29 is 9.90 Å². The summed E-state index contributed by atoms with van der Waals surface area (Å²) < 4.78 is 0. The van der Waals surface area contributed by atoms with Crippen molar-refractivity contribution >= 4 is 5.97 Å². The molecule has 1 aromatic rings. The van der Waals surface area contributed by atoms with Gasteiger partial charge in [0, 0.05) is 6.54 Å². The lowest BCUT2D eigenvalue weighted by Crippen LogP contribution is -2.29. The van der Waals surface area contributed by atoms with E-state index < -0.39 is 12.0 Å². The Morgan fingerprint density at radius 2 is 2.07 bits per heavy atom. The van der Waals surface area contributed by atoms with Crippen molar-refractivity contribution in [2.75, 3.05) is 6.54 Å². The van der Waals surface area contributed by atoms with Gasteiger partial charge in [-0.15, -0.1) is 0 Å². The predicted octanol–water partition coefficient (Wildman–Crippen LogP) is 2.07. The van der Waals surface area contributed by atoms with Crippen molar-refractivity contribution in [2.45, 2.75) is 18.9 Å². The average molecular weight is 204 g/mol. The van der Waals surface area contributed by atoms with Crippen LogP contribution in [0, 0.1) is 6.54 Å². The first-order chi connectivity index (χ1) is 7.29. The summed E-state index contributed by atoms with van der Waals surface area (Å²) >= 11 is 0. The third-order valence-electron chi connectivity index (χ3n) is 2.66. The van der Waals surface area contributed by atoms with Crippen LogP contribution in [0.25, 0.3) is 0 Å². The maximum atomic E-state index is 11.2. The molecule has 1 aliphatic heterocycles. The Balaban J connectivity index is 2.23. The maximum Gasteiger partial charge on any atom is 0.325 e. The van der Waals surface area contributed by atoms with Gasteiger partial charge >= 0.3 is 5.97 Å². The van der Waals surface area contributed by atoms with E-state index in [1.807, 2.05) is 41.8 Å². The van der Waals surface area contributed by atoms with E-state index in [4.69, 9.17) is 0 Å². The minimum atomic E-state index is -0.778. The van der Waals surface area contributed by atoms with E-state index in [0.717, 1.165) is 24.9 Å². The van der Waals surface area contributed by atoms with Crippen molar-refractivity contribution in [1.82, 2.24) is 4.90 Å². The van der Waals surface area contributed by atoms with Gasteiger partial charge in [0.25, 0.3) is 0 Å². The van der Waals surface area contributed by atoms with Crippen molar-refractivity contribution in [2.24, 2.45) is 0 Å². The highest BCUT2D eigenvalue weighted by molar-refractivity contribution is 5.75. The quantitative estimate of drug-likeness (QED) is 0.819. The number of aliphatic carboxylic acids is 1. The van der Waals surface area contributed by atoms with Crippen molar-refractivity contribution in [3.63, 3.8) is 0 Å². The lowest BCUT2D eigenvalue weighted by molar-refractivity contribution is -0.142. The fourth-order valence-electron chi connectivity index (χ4n) is 1.97. The van der Waals surface area contributed by atoms with Gasteiger partial charge in [-0.05, 0) is 24.9 Å². The second-order valence-corrected chi connectivity index (χ2v) is 3.71. The smallest absolute Gasteiger partial charge is 0.325 e. The van der Waals surface area contributed by atoms with E-state index in [0.29, 0.717) is 0 Å². The zero-order valence-corrected chi connectivity index (χ0v) is 8.47. The maximum absolute atomic E-state index is 11.2.